The predicted octanol–water partition coefficient (Wildman–Crippen LogP) is 2.13. The maximum Gasteiger partial charge on any atom is 0.269 e. The van der Waals surface area contributed by atoms with Crippen LogP contribution in [0.15, 0.2) is 35.3 Å². The van der Waals surface area contributed by atoms with Crippen LogP contribution in [0, 0.1) is 5.82 Å². The second kappa shape index (κ2) is 7.13. The molecule has 2 aliphatic rings. The van der Waals surface area contributed by atoms with Gasteiger partial charge in [0.25, 0.3) is 5.56 Å². The van der Waals surface area contributed by atoms with Crippen molar-refractivity contribution in [1.82, 2.24) is 14.7 Å². The van der Waals surface area contributed by atoms with E-state index in [1.54, 1.807) is 23.2 Å². The van der Waals surface area contributed by atoms with Crippen LogP contribution in [0.25, 0.3) is 0 Å². The lowest BCUT2D eigenvalue weighted by molar-refractivity contribution is -0.134. The molecule has 1 amide bonds. The molecule has 1 atom stereocenters. The molecule has 0 unspecified atom stereocenters. The molecule has 6 nitrogen and oxygen atoms in total. The third-order valence-electron chi connectivity index (χ3n) is 5.58. The van der Waals surface area contributed by atoms with Crippen LogP contribution in [-0.2, 0) is 17.8 Å². The zero-order valence-corrected chi connectivity index (χ0v) is 15.4. The van der Waals surface area contributed by atoms with Gasteiger partial charge in [0.05, 0.1) is 17.9 Å². The van der Waals surface area contributed by atoms with Gasteiger partial charge >= 0.3 is 0 Å². The number of carbonyl (C=O) groups excluding carboxylic acids is 1. The second-order valence-electron chi connectivity index (χ2n) is 7.26. The van der Waals surface area contributed by atoms with E-state index < -0.39 is 0 Å². The summed E-state index contributed by atoms with van der Waals surface area (Å²) < 4.78 is 14.8. The molecule has 0 saturated carbocycles. The fourth-order valence-corrected chi connectivity index (χ4v) is 4.04. The Hall–Kier alpha value is -2.70. The third kappa shape index (κ3) is 3.46. The van der Waals surface area contributed by atoms with Gasteiger partial charge in [-0.25, -0.2) is 9.07 Å². The summed E-state index contributed by atoms with van der Waals surface area (Å²) in [5, 5.41) is 4.20. The van der Waals surface area contributed by atoms with Crippen molar-refractivity contribution in [3.63, 3.8) is 0 Å². The first-order valence-corrected chi connectivity index (χ1v) is 9.43. The lowest BCUT2D eigenvalue weighted by Crippen LogP contribution is -2.42. The smallest absolute Gasteiger partial charge is 0.269 e. The Morgan fingerprint density at radius 3 is 2.74 bits per heavy atom. The van der Waals surface area contributed by atoms with Crippen molar-refractivity contribution in [2.45, 2.75) is 38.8 Å². The molecular weight excluding hydrogens is 347 g/mol. The average molecular weight is 370 g/mol. The zero-order valence-electron chi connectivity index (χ0n) is 15.4. The highest BCUT2D eigenvalue weighted by Gasteiger charge is 2.28. The molecule has 0 spiro atoms. The minimum Gasteiger partial charge on any atom is -0.370 e. The normalized spacial score (nSPS) is 19.3. The summed E-state index contributed by atoms with van der Waals surface area (Å²) in [5.41, 5.74) is 2.44. The Morgan fingerprint density at radius 1 is 1.22 bits per heavy atom. The van der Waals surface area contributed by atoms with Crippen molar-refractivity contribution in [3.05, 3.63) is 57.8 Å². The van der Waals surface area contributed by atoms with Crippen molar-refractivity contribution < 1.29 is 9.18 Å². The van der Waals surface area contributed by atoms with Crippen LogP contribution in [0.5, 0.6) is 0 Å². The lowest BCUT2D eigenvalue weighted by atomic mass is 9.93. The zero-order chi connectivity index (χ0) is 19.0. The SMILES string of the molecule is C[C@H]1c2cc(F)ccc2CCN1C(=O)Cn1ncc(N2CCCC2)cc1=O. The summed E-state index contributed by atoms with van der Waals surface area (Å²) in [4.78, 5) is 29.0. The number of hydrogen-bond donors (Lipinski definition) is 0. The van der Waals surface area contributed by atoms with Gasteiger partial charge in [0.1, 0.15) is 12.4 Å². The fourth-order valence-electron chi connectivity index (χ4n) is 4.04. The molecular formula is C20H23FN4O2. The molecule has 0 aliphatic carbocycles. The Morgan fingerprint density at radius 2 is 2.00 bits per heavy atom. The van der Waals surface area contributed by atoms with Crippen molar-refractivity contribution >= 4 is 11.6 Å². The average Bonchev–Trinajstić information content (AvgIpc) is 3.19. The molecule has 142 valence electrons. The summed E-state index contributed by atoms with van der Waals surface area (Å²) in [7, 11) is 0. The molecule has 3 heterocycles. The molecule has 7 heteroatoms. The molecule has 2 aromatic rings. The predicted molar refractivity (Wildman–Crippen MR) is 100 cm³/mol. The van der Waals surface area contributed by atoms with Gasteiger partial charge in [0.15, 0.2) is 0 Å². The molecule has 0 radical (unpaired) electrons. The first-order valence-electron chi connectivity index (χ1n) is 9.43. The number of halogens is 1. The van der Waals surface area contributed by atoms with E-state index in [4.69, 9.17) is 0 Å². The van der Waals surface area contributed by atoms with Crippen LogP contribution in [0.3, 0.4) is 0 Å². The van der Waals surface area contributed by atoms with Gasteiger partial charge in [-0.05, 0) is 49.4 Å². The van der Waals surface area contributed by atoms with Gasteiger partial charge in [-0.3, -0.25) is 9.59 Å². The Bertz CT molecular complexity index is 920. The number of benzene rings is 1. The Balaban J connectivity index is 1.50. The Labute approximate surface area is 157 Å². The number of rotatable bonds is 3. The van der Waals surface area contributed by atoms with Crippen LogP contribution in [-0.4, -0.2) is 40.2 Å². The van der Waals surface area contributed by atoms with Gasteiger partial charge in [-0.15, -0.1) is 0 Å². The summed E-state index contributed by atoms with van der Waals surface area (Å²) >= 11 is 0. The molecule has 1 fully saturated rings. The van der Waals surface area contributed by atoms with Gasteiger partial charge in [-0.1, -0.05) is 6.07 Å². The van der Waals surface area contributed by atoms with E-state index in [9.17, 15) is 14.0 Å². The highest BCUT2D eigenvalue weighted by Crippen LogP contribution is 2.30. The second-order valence-corrected chi connectivity index (χ2v) is 7.26. The summed E-state index contributed by atoms with van der Waals surface area (Å²) in [6, 6.07) is 6.06. The molecule has 27 heavy (non-hydrogen) atoms. The summed E-state index contributed by atoms with van der Waals surface area (Å²) in [5.74, 6) is -0.480. The van der Waals surface area contributed by atoms with E-state index in [1.807, 2.05) is 6.92 Å². The third-order valence-corrected chi connectivity index (χ3v) is 5.58. The number of fused-ring (bicyclic) bond motifs is 1. The summed E-state index contributed by atoms with van der Waals surface area (Å²) in [6.45, 7) is 4.21. The molecule has 1 saturated heterocycles. The van der Waals surface area contributed by atoms with Crippen LogP contribution in [0.1, 0.15) is 36.9 Å². The molecule has 2 aliphatic heterocycles. The van der Waals surface area contributed by atoms with Gasteiger partial charge in [0, 0.05) is 25.7 Å². The van der Waals surface area contributed by atoms with Crippen LogP contribution >= 0.6 is 0 Å². The van der Waals surface area contributed by atoms with E-state index in [-0.39, 0.29) is 29.9 Å². The van der Waals surface area contributed by atoms with Crippen LogP contribution in [0.4, 0.5) is 10.1 Å². The monoisotopic (exact) mass is 370 g/mol. The number of anilines is 1. The molecule has 1 aromatic heterocycles. The number of nitrogens with zero attached hydrogens (tertiary/aromatic N) is 4. The summed E-state index contributed by atoms with van der Waals surface area (Å²) in [6.07, 6.45) is 4.58. The number of carbonyl (C=O) groups is 1. The van der Waals surface area contributed by atoms with E-state index in [0.29, 0.717) is 13.0 Å². The Kier molecular flexibility index (Phi) is 4.68. The fraction of sp³-hybridized carbons (Fsp3) is 0.450. The van der Waals surface area contributed by atoms with Crippen molar-refractivity contribution in [2.24, 2.45) is 0 Å². The van der Waals surface area contributed by atoms with Crippen molar-refractivity contribution in [2.75, 3.05) is 24.5 Å². The largest absolute Gasteiger partial charge is 0.370 e. The maximum atomic E-state index is 13.6. The number of aromatic nitrogens is 2. The number of hydrogen-bond acceptors (Lipinski definition) is 4. The molecule has 4 rings (SSSR count). The van der Waals surface area contributed by atoms with E-state index >= 15 is 0 Å². The molecule has 0 bridgehead atoms. The molecule has 0 N–H and O–H groups in total. The highest BCUT2D eigenvalue weighted by molar-refractivity contribution is 5.77. The standard InChI is InChI=1S/C20H23FN4O2/c1-14-18-10-16(21)5-4-15(18)6-9-24(14)20(27)13-25-19(26)11-17(12-22-25)23-7-2-3-8-23/h4-5,10-12,14H,2-3,6-9,13H2,1H3/t14-/m0/s1. The van der Waals surface area contributed by atoms with Gasteiger partial charge in [0.2, 0.25) is 5.91 Å². The first kappa shape index (κ1) is 17.7. The minimum absolute atomic E-state index is 0.103. The van der Waals surface area contributed by atoms with Gasteiger partial charge < -0.3 is 9.80 Å². The van der Waals surface area contributed by atoms with Gasteiger partial charge in [-0.2, -0.15) is 5.10 Å². The number of amides is 1. The first-order chi connectivity index (χ1) is 13.0. The van der Waals surface area contributed by atoms with Crippen molar-refractivity contribution in [1.29, 1.82) is 0 Å². The molecule has 1 aromatic carbocycles. The minimum atomic E-state index is -0.301. The highest BCUT2D eigenvalue weighted by atomic mass is 19.1. The van der Waals surface area contributed by atoms with Crippen LogP contribution in [0.2, 0.25) is 0 Å². The van der Waals surface area contributed by atoms with Crippen LogP contribution < -0.4 is 10.5 Å². The maximum absolute atomic E-state index is 13.6. The quantitative estimate of drug-likeness (QED) is 0.831. The lowest BCUT2D eigenvalue weighted by Gasteiger charge is -2.35. The van der Waals surface area contributed by atoms with E-state index in [0.717, 1.165) is 42.7 Å². The van der Waals surface area contributed by atoms with Crippen molar-refractivity contribution in [3.8, 4) is 0 Å². The van der Waals surface area contributed by atoms with E-state index in [1.165, 1.54) is 16.8 Å². The topological polar surface area (TPSA) is 58.4 Å². The van der Waals surface area contributed by atoms with E-state index in [2.05, 4.69) is 10.00 Å².